The van der Waals surface area contributed by atoms with Gasteiger partial charge < -0.3 is 14.8 Å². The zero-order valence-electron chi connectivity index (χ0n) is 17.3. The molecule has 0 atom stereocenters. The SMILES string of the molecule is COc1cccc(-c2nc(OC(C)C)nn2-c2cccc(NC(=O)C(C)C)c2)c1. The maximum absolute atomic E-state index is 12.1. The van der Waals surface area contributed by atoms with Crippen molar-refractivity contribution in [2.24, 2.45) is 5.92 Å². The van der Waals surface area contributed by atoms with E-state index in [1.165, 1.54) is 0 Å². The van der Waals surface area contributed by atoms with Crippen LogP contribution in [0.2, 0.25) is 0 Å². The number of methoxy groups -OCH3 is 1. The lowest BCUT2D eigenvalue weighted by molar-refractivity contribution is -0.118. The maximum atomic E-state index is 12.1. The Balaban J connectivity index is 2.05. The van der Waals surface area contributed by atoms with Gasteiger partial charge in [0.1, 0.15) is 5.75 Å². The van der Waals surface area contributed by atoms with Gasteiger partial charge in [-0.05, 0) is 44.2 Å². The smallest absolute Gasteiger partial charge is 0.336 e. The lowest BCUT2D eigenvalue weighted by Gasteiger charge is -2.11. The van der Waals surface area contributed by atoms with Gasteiger partial charge in [-0.3, -0.25) is 4.79 Å². The van der Waals surface area contributed by atoms with Gasteiger partial charge in [-0.15, -0.1) is 5.10 Å². The van der Waals surface area contributed by atoms with Gasteiger partial charge in [0.15, 0.2) is 5.82 Å². The van der Waals surface area contributed by atoms with Crippen LogP contribution in [0.3, 0.4) is 0 Å². The average Bonchev–Trinajstić information content (AvgIpc) is 3.11. The summed E-state index contributed by atoms with van der Waals surface area (Å²) in [5.74, 6) is 1.19. The molecule has 0 aliphatic rings. The molecule has 0 saturated carbocycles. The highest BCUT2D eigenvalue weighted by atomic mass is 16.5. The Hall–Kier alpha value is -3.35. The molecule has 3 rings (SSSR count). The Bertz CT molecular complexity index is 995. The van der Waals surface area contributed by atoms with Gasteiger partial charge in [0.25, 0.3) is 0 Å². The normalized spacial score (nSPS) is 11.0. The molecular weight excluding hydrogens is 368 g/mol. The van der Waals surface area contributed by atoms with Gasteiger partial charge in [-0.2, -0.15) is 4.98 Å². The second-order valence-electron chi connectivity index (χ2n) is 7.22. The molecule has 0 aliphatic heterocycles. The first-order valence-corrected chi connectivity index (χ1v) is 9.57. The van der Waals surface area contributed by atoms with Gasteiger partial charge in [-0.1, -0.05) is 32.0 Å². The molecule has 0 bridgehead atoms. The summed E-state index contributed by atoms with van der Waals surface area (Å²) in [5, 5.41) is 7.45. The van der Waals surface area contributed by atoms with E-state index in [2.05, 4.69) is 15.4 Å². The minimum atomic E-state index is -0.108. The average molecular weight is 394 g/mol. The number of rotatable bonds is 7. The van der Waals surface area contributed by atoms with Crippen LogP contribution in [-0.2, 0) is 4.79 Å². The summed E-state index contributed by atoms with van der Waals surface area (Å²) in [6, 6.07) is 15.4. The van der Waals surface area contributed by atoms with E-state index in [-0.39, 0.29) is 23.9 Å². The monoisotopic (exact) mass is 394 g/mol. The van der Waals surface area contributed by atoms with Crippen molar-refractivity contribution >= 4 is 11.6 Å². The number of hydrogen-bond donors (Lipinski definition) is 1. The molecule has 0 spiro atoms. The van der Waals surface area contributed by atoms with E-state index in [1.807, 2.05) is 76.2 Å². The van der Waals surface area contributed by atoms with E-state index >= 15 is 0 Å². The zero-order valence-corrected chi connectivity index (χ0v) is 17.3. The molecule has 29 heavy (non-hydrogen) atoms. The Kier molecular flexibility index (Phi) is 6.16. The largest absolute Gasteiger partial charge is 0.497 e. The molecule has 152 valence electrons. The van der Waals surface area contributed by atoms with Crippen molar-refractivity contribution < 1.29 is 14.3 Å². The number of amides is 1. The fraction of sp³-hybridized carbons (Fsp3) is 0.318. The Morgan fingerprint density at radius 2 is 1.83 bits per heavy atom. The van der Waals surface area contributed by atoms with E-state index in [1.54, 1.807) is 11.8 Å². The van der Waals surface area contributed by atoms with Crippen molar-refractivity contribution in [3.05, 3.63) is 48.5 Å². The minimum absolute atomic E-state index is 0.0439. The van der Waals surface area contributed by atoms with Gasteiger partial charge in [0.05, 0.1) is 18.9 Å². The highest BCUT2D eigenvalue weighted by Crippen LogP contribution is 2.27. The number of benzene rings is 2. The zero-order chi connectivity index (χ0) is 21.0. The highest BCUT2D eigenvalue weighted by molar-refractivity contribution is 5.92. The number of aromatic nitrogens is 3. The third-order valence-corrected chi connectivity index (χ3v) is 4.14. The summed E-state index contributed by atoms with van der Waals surface area (Å²) in [5.41, 5.74) is 2.29. The lowest BCUT2D eigenvalue weighted by Crippen LogP contribution is -2.17. The summed E-state index contributed by atoms with van der Waals surface area (Å²) >= 11 is 0. The maximum Gasteiger partial charge on any atom is 0.336 e. The van der Waals surface area contributed by atoms with Crippen LogP contribution in [0.4, 0.5) is 5.69 Å². The molecule has 7 heteroatoms. The fourth-order valence-corrected chi connectivity index (χ4v) is 2.68. The number of ether oxygens (including phenoxy) is 2. The van der Waals surface area contributed by atoms with Crippen LogP contribution in [0.25, 0.3) is 17.1 Å². The summed E-state index contributed by atoms with van der Waals surface area (Å²) < 4.78 is 12.8. The van der Waals surface area contributed by atoms with Crippen molar-refractivity contribution in [3.63, 3.8) is 0 Å². The number of carbonyl (C=O) groups is 1. The van der Waals surface area contributed by atoms with E-state index < -0.39 is 0 Å². The topological polar surface area (TPSA) is 78.3 Å². The quantitative estimate of drug-likeness (QED) is 0.645. The molecule has 0 saturated heterocycles. The molecule has 0 fully saturated rings. The molecule has 2 aromatic carbocycles. The first-order valence-electron chi connectivity index (χ1n) is 9.57. The van der Waals surface area contributed by atoms with Crippen LogP contribution in [0.5, 0.6) is 11.8 Å². The van der Waals surface area contributed by atoms with Crippen LogP contribution < -0.4 is 14.8 Å². The van der Waals surface area contributed by atoms with Gasteiger partial charge in [-0.25, -0.2) is 4.68 Å². The predicted octanol–water partition coefficient (Wildman–Crippen LogP) is 4.32. The standard InChI is InChI=1S/C22H26N4O3/c1-14(2)21(27)23-17-9-7-10-18(13-17)26-20(24-22(25-26)29-15(3)4)16-8-6-11-19(12-16)28-5/h6-15H,1-5H3,(H,23,27). The number of nitrogens with zero attached hydrogens (tertiary/aromatic N) is 3. The van der Waals surface area contributed by atoms with Gasteiger partial charge >= 0.3 is 6.01 Å². The Morgan fingerprint density at radius 3 is 2.52 bits per heavy atom. The van der Waals surface area contributed by atoms with E-state index in [0.29, 0.717) is 11.5 Å². The van der Waals surface area contributed by atoms with Crippen molar-refractivity contribution in [2.45, 2.75) is 33.8 Å². The van der Waals surface area contributed by atoms with E-state index in [0.717, 1.165) is 17.0 Å². The molecule has 1 N–H and O–H groups in total. The summed E-state index contributed by atoms with van der Waals surface area (Å²) in [6.45, 7) is 7.56. The molecule has 0 aliphatic carbocycles. The summed E-state index contributed by atoms with van der Waals surface area (Å²) in [7, 11) is 1.62. The molecule has 7 nitrogen and oxygen atoms in total. The van der Waals surface area contributed by atoms with Crippen LogP contribution in [-0.4, -0.2) is 33.9 Å². The number of nitrogens with one attached hydrogen (secondary N) is 1. The van der Waals surface area contributed by atoms with Gasteiger partial charge in [0.2, 0.25) is 5.91 Å². The molecule has 1 aromatic heterocycles. The predicted molar refractivity (Wildman–Crippen MR) is 113 cm³/mol. The van der Waals surface area contributed by atoms with Crippen LogP contribution in [0.15, 0.2) is 48.5 Å². The number of hydrogen-bond acceptors (Lipinski definition) is 5. The molecule has 1 heterocycles. The second kappa shape index (κ2) is 8.77. The molecule has 3 aromatic rings. The third kappa shape index (κ3) is 4.93. The van der Waals surface area contributed by atoms with Gasteiger partial charge in [0, 0.05) is 17.2 Å². The fourth-order valence-electron chi connectivity index (χ4n) is 2.68. The lowest BCUT2D eigenvalue weighted by atomic mass is 10.2. The Labute approximate surface area is 170 Å². The molecule has 1 amide bonds. The van der Waals surface area contributed by atoms with Crippen molar-refractivity contribution in [1.82, 2.24) is 14.8 Å². The molecule has 0 unspecified atom stereocenters. The molecule has 0 radical (unpaired) electrons. The third-order valence-electron chi connectivity index (χ3n) is 4.14. The van der Waals surface area contributed by atoms with Crippen molar-refractivity contribution in [1.29, 1.82) is 0 Å². The molecular formula is C22H26N4O3. The summed E-state index contributed by atoms with van der Waals surface area (Å²) in [6.07, 6.45) is -0.0549. The van der Waals surface area contributed by atoms with Crippen LogP contribution in [0.1, 0.15) is 27.7 Å². The van der Waals surface area contributed by atoms with Crippen molar-refractivity contribution in [2.75, 3.05) is 12.4 Å². The van der Waals surface area contributed by atoms with Crippen LogP contribution >= 0.6 is 0 Å². The first-order chi connectivity index (χ1) is 13.9. The summed E-state index contributed by atoms with van der Waals surface area (Å²) in [4.78, 5) is 16.6. The van der Waals surface area contributed by atoms with E-state index in [4.69, 9.17) is 9.47 Å². The second-order valence-corrected chi connectivity index (χ2v) is 7.22. The number of anilines is 1. The first kappa shape index (κ1) is 20.4. The van der Waals surface area contributed by atoms with E-state index in [9.17, 15) is 4.79 Å². The van der Waals surface area contributed by atoms with Crippen molar-refractivity contribution in [3.8, 4) is 28.8 Å². The Morgan fingerprint density at radius 1 is 1.07 bits per heavy atom. The van der Waals surface area contributed by atoms with Crippen LogP contribution in [0, 0.1) is 5.92 Å². The minimum Gasteiger partial charge on any atom is -0.497 e. The number of carbonyl (C=O) groups excluding carboxylic acids is 1. The highest BCUT2D eigenvalue weighted by Gasteiger charge is 2.17.